The zero-order valence-corrected chi connectivity index (χ0v) is 11.0. The van der Waals surface area contributed by atoms with Crippen LogP contribution in [-0.2, 0) is 17.6 Å². The number of ether oxygens (including phenoxy) is 1. The maximum absolute atomic E-state index is 10.4. The first-order valence-electron chi connectivity index (χ1n) is 6.35. The van der Waals surface area contributed by atoms with Gasteiger partial charge in [0.25, 0.3) is 0 Å². The topological polar surface area (TPSA) is 39.2 Å². The van der Waals surface area contributed by atoms with Gasteiger partial charge < -0.3 is 9.53 Å². The highest BCUT2D eigenvalue weighted by Crippen LogP contribution is 2.11. The number of benzene rings is 1. The number of aromatic nitrogens is 1. The molecule has 0 amide bonds. The van der Waals surface area contributed by atoms with Gasteiger partial charge in [0.05, 0.1) is 6.61 Å². The number of pyridine rings is 1. The van der Waals surface area contributed by atoms with Crippen molar-refractivity contribution in [3.05, 3.63) is 59.4 Å². The second-order valence-electron chi connectivity index (χ2n) is 4.44. The van der Waals surface area contributed by atoms with Gasteiger partial charge in [0, 0.05) is 24.7 Å². The van der Waals surface area contributed by atoms with Crippen molar-refractivity contribution in [1.29, 1.82) is 0 Å². The lowest BCUT2D eigenvalue weighted by molar-refractivity contribution is -0.107. The van der Waals surface area contributed by atoms with Gasteiger partial charge >= 0.3 is 0 Å². The molecule has 2 rings (SSSR count). The molecule has 19 heavy (non-hydrogen) atoms. The molecule has 0 spiro atoms. The standard InChI is InChI=1S/C16H17NO2/c1-13-2-6-16(7-3-13)19-11-9-15-5-4-14(8-10-18)12-17-15/h2-7,10,12H,8-9,11H2,1H3. The van der Waals surface area contributed by atoms with E-state index in [4.69, 9.17) is 4.74 Å². The van der Waals surface area contributed by atoms with E-state index in [2.05, 4.69) is 11.9 Å². The van der Waals surface area contributed by atoms with E-state index in [-0.39, 0.29) is 0 Å². The molecule has 1 aromatic carbocycles. The Kier molecular flexibility index (Phi) is 4.67. The van der Waals surface area contributed by atoms with Crippen LogP contribution in [0.1, 0.15) is 16.8 Å². The first kappa shape index (κ1) is 13.3. The number of carbonyl (C=O) groups is 1. The van der Waals surface area contributed by atoms with Crippen molar-refractivity contribution >= 4 is 6.29 Å². The summed E-state index contributed by atoms with van der Waals surface area (Å²) in [7, 11) is 0. The highest BCUT2D eigenvalue weighted by molar-refractivity contribution is 5.54. The normalized spacial score (nSPS) is 10.2. The SMILES string of the molecule is Cc1ccc(OCCc2ccc(CC=O)cn2)cc1. The largest absolute Gasteiger partial charge is 0.493 e. The molecule has 2 aromatic rings. The van der Waals surface area contributed by atoms with Gasteiger partial charge in [-0.25, -0.2) is 0 Å². The summed E-state index contributed by atoms with van der Waals surface area (Å²) in [6.07, 6.45) is 3.81. The van der Waals surface area contributed by atoms with Gasteiger partial charge in [0.2, 0.25) is 0 Å². The Morgan fingerprint density at radius 1 is 1.16 bits per heavy atom. The molecule has 0 bridgehead atoms. The van der Waals surface area contributed by atoms with Gasteiger partial charge in [-0.1, -0.05) is 23.8 Å². The molecule has 0 aliphatic carbocycles. The van der Waals surface area contributed by atoms with Crippen LogP contribution in [0.15, 0.2) is 42.6 Å². The van der Waals surface area contributed by atoms with Crippen LogP contribution in [0.5, 0.6) is 5.75 Å². The Bertz CT molecular complexity index is 517. The molecule has 0 atom stereocenters. The minimum Gasteiger partial charge on any atom is -0.493 e. The summed E-state index contributed by atoms with van der Waals surface area (Å²) in [5.41, 5.74) is 3.14. The smallest absolute Gasteiger partial charge is 0.124 e. The van der Waals surface area contributed by atoms with E-state index in [0.29, 0.717) is 13.0 Å². The van der Waals surface area contributed by atoms with Gasteiger partial charge in [-0.05, 0) is 30.7 Å². The highest BCUT2D eigenvalue weighted by Gasteiger charge is 1.98. The van der Waals surface area contributed by atoms with Gasteiger partial charge in [-0.15, -0.1) is 0 Å². The Balaban J connectivity index is 1.82. The summed E-state index contributed by atoms with van der Waals surface area (Å²) in [5.74, 6) is 0.878. The molecule has 0 aliphatic rings. The van der Waals surface area contributed by atoms with Crippen LogP contribution < -0.4 is 4.74 Å². The summed E-state index contributed by atoms with van der Waals surface area (Å²) in [6.45, 7) is 2.65. The van der Waals surface area contributed by atoms with Crippen molar-refractivity contribution in [2.45, 2.75) is 19.8 Å². The fraction of sp³-hybridized carbons (Fsp3) is 0.250. The van der Waals surface area contributed by atoms with Crippen LogP contribution in [0.4, 0.5) is 0 Å². The van der Waals surface area contributed by atoms with Crippen LogP contribution in [0, 0.1) is 6.92 Å². The Morgan fingerprint density at radius 2 is 1.95 bits per heavy atom. The van der Waals surface area contributed by atoms with Crippen molar-refractivity contribution in [3.8, 4) is 5.75 Å². The second kappa shape index (κ2) is 6.69. The molecule has 0 unspecified atom stereocenters. The van der Waals surface area contributed by atoms with E-state index in [1.54, 1.807) is 6.20 Å². The van der Waals surface area contributed by atoms with Crippen LogP contribution in [-0.4, -0.2) is 17.9 Å². The summed E-state index contributed by atoms with van der Waals surface area (Å²) in [4.78, 5) is 14.7. The first-order valence-corrected chi connectivity index (χ1v) is 6.35. The van der Waals surface area contributed by atoms with Gasteiger partial charge in [0.15, 0.2) is 0 Å². The molecule has 0 N–H and O–H groups in total. The van der Waals surface area contributed by atoms with Crippen molar-refractivity contribution in [2.75, 3.05) is 6.61 Å². The van der Waals surface area contributed by atoms with Crippen LogP contribution in [0.3, 0.4) is 0 Å². The summed E-state index contributed by atoms with van der Waals surface area (Å²) < 4.78 is 5.65. The summed E-state index contributed by atoms with van der Waals surface area (Å²) in [6, 6.07) is 11.9. The van der Waals surface area contributed by atoms with E-state index in [9.17, 15) is 4.79 Å². The molecule has 3 heteroatoms. The third-order valence-electron chi connectivity index (χ3n) is 2.85. The van der Waals surface area contributed by atoms with Crippen molar-refractivity contribution in [2.24, 2.45) is 0 Å². The predicted molar refractivity (Wildman–Crippen MR) is 74.4 cm³/mol. The molecule has 0 fully saturated rings. The molecule has 1 aromatic heterocycles. The predicted octanol–water partition coefficient (Wildman–Crippen LogP) is 2.75. The summed E-state index contributed by atoms with van der Waals surface area (Å²) >= 11 is 0. The Hall–Kier alpha value is -2.16. The maximum Gasteiger partial charge on any atom is 0.124 e. The number of hydrogen-bond acceptors (Lipinski definition) is 3. The van der Waals surface area contributed by atoms with Crippen molar-refractivity contribution < 1.29 is 9.53 Å². The number of aldehydes is 1. The number of carbonyl (C=O) groups excluding carboxylic acids is 1. The molecule has 0 radical (unpaired) electrons. The lowest BCUT2D eigenvalue weighted by atomic mass is 10.2. The fourth-order valence-corrected chi connectivity index (χ4v) is 1.73. The van der Waals surface area contributed by atoms with Crippen LogP contribution in [0.25, 0.3) is 0 Å². The molecular weight excluding hydrogens is 238 g/mol. The minimum atomic E-state index is 0.424. The highest BCUT2D eigenvalue weighted by atomic mass is 16.5. The fourth-order valence-electron chi connectivity index (χ4n) is 1.73. The van der Waals surface area contributed by atoms with Gasteiger partial charge in [-0.3, -0.25) is 4.98 Å². The lowest BCUT2D eigenvalue weighted by Gasteiger charge is -2.06. The van der Waals surface area contributed by atoms with E-state index < -0.39 is 0 Å². The third kappa shape index (κ3) is 4.21. The lowest BCUT2D eigenvalue weighted by Crippen LogP contribution is -2.03. The number of aryl methyl sites for hydroxylation is 1. The average Bonchev–Trinajstić information content (AvgIpc) is 2.43. The van der Waals surface area contributed by atoms with Crippen LogP contribution >= 0.6 is 0 Å². The average molecular weight is 255 g/mol. The maximum atomic E-state index is 10.4. The van der Waals surface area contributed by atoms with Gasteiger partial charge in [-0.2, -0.15) is 0 Å². The van der Waals surface area contributed by atoms with Gasteiger partial charge in [0.1, 0.15) is 12.0 Å². The molecule has 98 valence electrons. The zero-order valence-electron chi connectivity index (χ0n) is 11.0. The third-order valence-corrected chi connectivity index (χ3v) is 2.85. The van der Waals surface area contributed by atoms with E-state index in [1.165, 1.54) is 5.56 Å². The molecule has 3 nitrogen and oxygen atoms in total. The van der Waals surface area contributed by atoms with Crippen molar-refractivity contribution in [3.63, 3.8) is 0 Å². The molecule has 0 saturated carbocycles. The zero-order chi connectivity index (χ0) is 13.5. The van der Waals surface area contributed by atoms with Crippen LogP contribution in [0.2, 0.25) is 0 Å². The van der Waals surface area contributed by atoms with Crippen molar-refractivity contribution in [1.82, 2.24) is 4.98 Å². The summed E-state index contributed by atoms with van der Waals surface area (Å²) in [5, 5.41) is 0. The Morgan fingerprint density at radius 3 is 2.58 bits per heavy atom. The van der Waals surface area contributed by atoms with E-state index in [1.807, 2.05) is 36.4 Å². The monoisotopic (exact) mass is 255 g/mol. The quantitative estimate of drug-likeness (QED) is 0.745. The Labute approximate surface area is 113 Å². The van der Waals surface area contributed by atoms with E-state index >= 15 is 0 Å². The molecular formula is C16H17NO2. The molecule has 0 saturated heterocycles. The molecule has 0 aliphatic heterocycles. The number of rotatable bonds is 6. The number of nitrogens with zero attached hydrogens (tertiary/aromatic N) is 1. The van der Waals surface area contributed by atoms with E-state index in [0.717, 1.165) is 29.7 Å². The number of hydrogen-bond donors (Lipinski definition) is 0. The molecule has 1 heterocycles. The minimum absolute atomic E-state index is 0.424. The first-order chi connectivity index (χ1) is 9.28. The second-order valence-corrected chi connectivity index (χ2v) is 4.44.